The molecule has 37 heavy (non-hydrogen) atoms. The van der Waals surface area contributed by atoms with E-state index in [2.05, 4.69) is 4.98 Å². The van der Waals surface area contributed by atoms with Gasteiger partial charge in [-0.1, -0.05) is 18.2 Å². The molecule has 4 rings (SSSR count). The van der Waals surface area contributed by atoms with Gasteiger partial charge in [0.2, 0.25) is 0 Å². The van der Waals surface area contributed by atoms with Crippen LogP contribution in [0.2, 0.25) is 0 Å². The van der Waals surface area contributed by atoms with Gasteiger partial charge in [-0.25, -0.2) is 0 Å². The number of hydrogen-bond acceptors (Lipinski definition) is 5. The Morgan fingerprint density at radius 2 is 1.73 bits per heavy atom. The smallest absolute Gasteiger partial charge is 0.455 e. The molecule has 0 amide bonds. The van der Waals surface area contributed by atoms with Crippen LogP contribution in [-0.2, 0) is 14.1 Å². The number of ether oxygens (including phenoxy) is 1. The number of hydrogen-bond donors (Lipinski definition) is 3. The van der Waals surface area contributed by atoms with Crippen LogP contribution in [0.4, 0.5) is 13.2 Å². The number of aromatic amines is 1. The summed E-state index contributed by atoms with van der Waals surface area (Å²) in [6.07, 6.45) is -0.233. The molecule has 0 radical (unpaired) electrons. The average molecular weight is 512 g/mol. The Balaban J connectivity index is 1.97. The number of alkyl halides is 3. The summed E-state index contributed by atoms with van der Waals surface area (Å²) in [4.78, 5) is 28.4. The summed E-state index contributed by atoms with van der Waals surface area (Å²) in [5.74, 6) is 0.967. The fourth-order valence-corrected chi connectivity index (χ4v) is 4.03. The number of para-hydroxylation sites is 1. The first-order valence-corrected chi connectivity index (χ1v) is 11.1. The Morgan fingerprint density at radius 3 is 2.35 bits per heavy atom. The van der Waals surface area contributed by atoms with Gasteiger partial charge in [0, 0.05) is 66.6 Å². The van der Waals surface area contributed by atoms with Gasteiger partial charge in [0.15, 0.2) is 5.75 Å². The van der Waals surface area contributed by atoms with Gasteiger partial charge in [-0.3, -0.25) is 9.59 Å². The van der Waals surface area contributed by atoms with E-state index >= 15 is 0 Å². The number of nitrogens with one attached hydrogen (secondary N) is 3. The molecule has 1 aromatic carbocycles. The van der Waals surface area contributed by atoms with Crippen LogP contribution in [0, 0.1) is 19.3 Å². The quantitative estimate of drug-likeness (QED) is 0.257. The number of benzene rings is 1. The molecule has 0 spiro atoms. The van der Waals surface area contributed by atoms with Crippen molar-refractivity contribution in [1.82, 2.24) is 19.4 Å². The first-order chi connectivity index (χ1) is 17.4. The molecule has 0 saturated carbocycles. The van der Waals surface area contributed by atoms with E-state index < -0.39 is 11.9 Å². The summed E-state index contributed by atoms with van der Waals surface area (Å²) < 4.78 is 47.0. The SMILES string of the molecule is Cc1cccc(C)c1Oc1cn(C)c(=O)cc1-c1cn(C)c(=O)c2[nH]c(/C(C=N)=C/NC(F)(F)F)cc12. The van der Waals surface area contributed by atoms with Gasteiger partial charge < -0.3 is 29.6 Å². The molecule has 0 fully saturated rings. The van der Waals surface area contributed by atoms with E-state index in [4.69, 9.17) is 10.1 Å². The van der Waals surface area contributed by atoms with Crippen molar-refractivity contribution >= 4 is 22.7 Å². The van der Waals surface area contributed by atoms with Crippen molar-refractivity contribution in [2.75, 3.05) is 0 Å². The molecule has 0 saturated heterocycles. The van der Waals surface area contributed by atoms with Crippen LogP contribution in [0.25, 0.3) is 27.6 Å². The van der Waals surface area contributed by atoms with Crippen LogP contribution >= 0.6 is 0 Å². The van der Waals surface area contributed by atoms with Gasteiger partial charge in [-0.05, 0) is 31.0 Å². The third-order valence-electron chi connectivity index (χ3n) is 5.93. The fraction of sp³-hybridized carbons (Fsp3) is 0.192. The topological polar surface area (TPSA) is 105 Å². The third kappa shape index (κ3) is 5.06. The standard InChI is InChI=1S/C26H24F3N5O3/c1-14-6-5-7-15(2)24(14)37-21-13-33(3)22(35)9-17(21)19-12-34(4)25(36)23-18(19)8-20(32-23)16(10-30)11-31-26(27,28)29/h5-13,30-32H,1-4H3/b16-11+,30-10?. The highest BCUT2D eigenvalue weighted by Crippen LogP contribution is 2.38. The van der Waals surface area contributed by atoms with Crippen molar-refractivity contribution in [3.63, 3.8) is 0 Å². The van der Waals surface area contributed by atoms with Crippen molar-refractivity contribution < 1.29 is 17.9 Å². The lowest BCUT2D eigenvalue weighted by Crippen LogP contribution is -2.26. The second-order valence-electron chi connectivity index (χ2n) is 8.64. The van der Waals surface area contributed by atoms with E-state index in [0.29, 0.717) is 34.2 Å². The molecule has 3 heterocycles. The van der Waals surface area contributed by atoms with Crippen molar-refractivity contribution in [3.8, 4) is 22.6 Å². The number of H-pyrrole nitrogens is 1. The first-order valence-electron chi connectivity index (χ1n) is 11.1. The van der Waals surface area contributed by atoms with Crippen molar-refractivity contribution in [2.45, 2.75) is 20.1 Å². The van der Waals surface area contributed by atoms with E-state index in [1.165, 1.54) is 39.8 Å². The average Bonchev–Trinajstić information content (AvgIpc) is 3.26. The molecule has 0 aliphatic carbocycles. The number of pyridine rings is 2. The summed E-state index contributed by atoms with van der Waals surface area (Å²) >= 11 is 0. The molecular weight excluding hydrogens is 487 g/mol. The molecule has 4 aromatic rings. The molecular formula is C26H24F3N5O3. The van der Waals surface area contributed by atoms with E-state index in [1.807, 2.05) is 32.0 Å². The zero-order valence-corrected chi connectivity index (χ0v) is 20.4. The van der Waals surface area contributed by atoms with Crippen LogP contribution in [0.5, 0.6) is 11.5 Å². The van der Waals surface area contributed by atoms with E-state index in [9.17, 15) is 22.8 Å². The third-order valence-corrected chi connectivity index (χ3v) is 5.93. The van der Waals surface area contributed by atoms with Gasteiger partial charge in [-0.2, -0.15) is 13.2 Å². The van der Waals surface area contributed by atoms with Crippen molar-refractivity contribution in [3.05, 3.63) is 86.5 Å². The highest BCUT2D eigenvalue weighted by molar-refractivity contribution is 6.10. The molecule has 0 bridgehead atoms. The predicted octanol–water partition coefficient (Wildman–Crippen LogP) is 4.74. The molecule has 0 aliphatic heterocycles. The number of allylic oxidation sites excluding steroid dienone is 1. The van der Waals surface area contributed by atoms with E-state index in [1.54, 1.807) is 13.2 Å². The normalized spacial score (nSPS) is 12.1. The predicted molar refractivity (Wildman–Crippen MR) is 136 cm³/mol. The van der Waals surface area contributed by atoms with Gasteiger partial charge in [0.25, 0.3) is 11.1 Å². The second kappa shape index (κ2) is 9.49. The Kier molecular flexibility index (Phi) is 6.55. The lowest BCUT2D eigenvalue weighted by atomic mass is 10.0. The molecule has 3 N–H and O–H groups in total. The number of fused-ring (bicyclic) bond motifs is 1. The van der Waals surface area contributed by atoms with Crippen molar-refractivity contribution in [1.29, 1.82) is 5.41 Å². The Hall–Kier alpha value is -4.54. The highest BCUT2D eigenvalue weighted by Gasteiger charge is 2.25. The monoisotopic (exact) mass is 511 g/mol. The summed E-state index contributed by atoms with van der Waals surface area (Å²) in [5, 5.41) is 9.20. The maximum atomic E-state index is 12.9. The number of rotatable bonds is 6. The van der Waals surface area contributed by atoms with Crippen LogP contribution in [0.15, 0.2) is 58.5 Å². The molecule has 192 valence electrons. The molecule has 0 unspecified atom stereocenters. The minimum absolute atomic E-state index is 0.105. The van der Waals surface area contributed by atoms with Crippen LogP contribution < -0.4 is 21.2 Å². The van der Waals surface area contributed by atoms with Crippen LogP contribution in [0.3, 0.4) is 0 Å². The molecule has 8 nitrogen and oxygen atoms in total. The summed E-state index contributed by atoms with van der Waals surface area (Å²) in [6.45, 7) is 3.79. The highest BCUT2D eigenvalue weighted by atomic mass is 19.4. The number of nitrogens with zero attached hydrogens (tertiary/aromatic N) is 2. The summed E-state index contributed by atoms with van der Waals surface area (Å²) in [6, 6.07) is 8.55. The van der Waals surface area contributed by atoms with Crippen molar-refractivity contribution in [2.24, 2.45) is 14.1 Å². The van der Waals surface area contributed by atoms with Gasteiger partial charge in [0.1, 0.15) is 11.3 Å². The van der Waals surface area contributed by atoms with E-state index in [-0.39, 0.29) is 22.3 Å². The summed E-state index contributed by atoms with van der Waals surface area (Å²) in [5.41, 5.74) is 1.95. The van der Waals surface area contributed by atoms with Gasteiger partial charge in [0.05, 0.1) is 6.20 Å². The number of aromatic nitrogens is 3. The minimum atomic E-state index is -4.69. The largest absolute Gasteiger partial charge is 0.481 e. The Morgan fingerprint density at radius 1 is 1.05 bits per heavy atom. The maximum Gasteiger partial charge on any atom is 0.481 e. The lowest BCUT2D eigenvalue weighted by Gasteiger charge is -2.17. The Labute approximate surface area is 209 Å². The summed E-state index contributed by atoms with van der Waals surface area (Å²) in [7, 11) is 3.11. The first kappa shape index (κ1) is 25.5. The molecule has 11 heteroatoms. The minimum Gasteiger partial charge on any atom is -0.455 e. The molecule has 0 atom stereocenters. The maximum absolute atomic E-state index is 12.9. The number of halogens is 3. The fourth-order valence-electron chi connectivity index (χ4n) is 4.03. The zero-order valence-electron chi connectivity index (χ0n) is 20.4. The molecule has 0 aliphatic rings. The second-order valence-corrected chi connectivity index (χ2v) is 8.64. The van der Waals surface area contributed by atoms with E-state index in [0.717, 1.165) is 17.3 Å². The van der Waals surface area contributed by atoms with Crippen LogP contribution in [0.1, 0.15) is 16.8 Å². The van der Waals surface area contributed by atoms with Crippen LogP contribution in [-0.4, -0.2) is 26.6 Å². The lowest BCUT2D eigenvalue weighted by molar-refractivity contribution is -0.146. The van der Waals surface area contributed by atoms with Gasteiger partial charge in [-0.15, -0.1) is 0 Å². The Bertz CT molecular complexity index is 1660. The molecule has 3 aromatic heterocycles. The zero-order chi connectivity index (χ0) is 27.1. The number of aryl methyl sites for hydroxylation is 4. The van der Waals surface area contributed by atoms with Gasteiger partial charge >= 0.3 is 6.30 Å².